The van der Waals surface area contributed by atoms with Gasteiger partial charge in [0.05, 0.1) is 10.8 Å². The lowest BCUT2D eigenvalue weighted by Crippen LogP contribution is -2.23. The zero-order valence-electron chi connectivity index (χ0n) is 17.0. The van der Waals surface area contributed by atoms with E-state index < -0.39 is 11.7 Å². The highest BCUT2D eigenvalue weighted by Gasteiger charge is 2.17. The van der Waals surface area contributed by atoms with Crippen molar-refractivity contribution in [2.24, 2.45) is 0 Å². The molecule has 0 aromatic heterocycles. The summed E-state index contributed by atoms with van der Waals surface area (Å²) < 4.78 is 13.8. The van der Waals surface area contributed by atoms with Crippen LogP contribution < -0.4 is 10.6 Å². The largest absolute Gasteiger partial charge is 0.325 e. The van der Waals surface area contributed by atoms with Crippen LogP contribution in [0.25, 0.3) is 0 Å². The fraction of sp³-hybridized carbons (Fsp3) is 0.167. The molecule has 0 bridgehead atoms. The van der Waals surface area contributed by atoms with Crippen molar-refractivity contribution in [3.63, 3.8) is 0 Å². The maximum absolute atomic E-state index is 13.8. The van der Waals surface area contributed by atoms with Gasteiger partial charge < -0.3 is 10.6 Å². The van der Waals surface area contributed by atoms with Crippen LogP contribution in [0.2, 0.25) is 0 Å². The zero-order chi connectivity index (χ0) is 21.7. The number of rotatable bonds is 6. The molecule has 0 saturated heterocycles. The molecule has 3 aromatic carbocycles. The average Bonchev–Trinajstić information content (AvgIpc) is 2.72. The first kappa shape index (κ1) is 21.6. The van der Waals surface area contributed by atoms with Crippen LogP contribution in [0.3, 0.4) is 0 Å². The second-order valence-corrected chi connectivity index (χ2v) is 8.37. The van der Waals surface area contributed by atoms with Crippen LogP contribution in [0.5, 0.6) is 0 Å². The fourth-order valence-electron chi connectivity index (χ4n) is 2.87. The summed E-state index contributed by atoms with van der Waals surface area (Å²) in [6.07, 6.45) is 0. The molecule has 0 radical (unpaired) electrons. The molecule has 0 fully saturated rings. The summed E-state index contributed by atoms with van der Waals surface area (Å²) in [5, 5.41) is 5.33. The predicted octanol–water partition coefficient (Wildman–Crippen LogP) is 5.81. The molecule has 0 saturated carbocycles. The van der Waals surface area contributed by atoms with Crippen molar-refractivity contribution in [2.75, 3.05) is 10.6 Å². The van der Waals surface area contributed by atoms with Gasteiger partial charge in [0, 0.05) is 16.3 Å². The first-order valence-corrected chi connectivity index (χ1v) is 10.4. The lowest BCUT2D eigenvalue weighted by molar-refractivity contribution is -0.115. The van der Waals surface area contributed by atoms with Crippen molar-refractivity contribution < 1.29 is 14.0 Å². The van der Waals surface area contributed by atoms with Gasteiger partial charge in [0.15, 0.2) is 0 Å². The SMILES string of the molecule is Cc1cccc(NC(=O)C(C)Sc2cccc(NC(=O)c3ccccc3F)c2)c1C. The quantitative estimate of drug-likeness (QED) is 0.493. The number of anilines is 2. The number of hydrogen-bond acceptors (Lipinski definition) is 3. The van der Waals surface area contributed by atoms with Gasteiger partial charge in [-0.3, -0.25) is 9.59 Å². The molecule has 0 aliphatic heterocycles. The Morgan fingerprint density at radius 2 is 1.67 bits per heavy atom. The highest BCUT2D eigenvalue weighted by molar-refractivity contribution is 8.00. The van der Waals surface area contributed by atoms with E-state index in [1.165, 1.54) is 30.0 Å². The maximum atomic E-state index is 13.8. The smallest absolute Gasteiger partial charge is 0.258 e. The molecule has 1 atom stereocenters. The molecule has 6 heteroatoms. The highest BCUT2D eigenvalue weighted by atomic mass is 32.2. The number of carbonyl (C=O) groups excluding carboxylic acids is 2. The van der Waals surface area contributed by atoms with E-state index in [4.69, 9.17) is 0 Å². The number of benzene rings is 3. The van der Waals surface area contributed by atoms with Crippen LogP contribution in [-0.4, -0.2) is 17.1 Å². The second-order valence-electron chi connectivity index (χ2n) is 6.96. The predicted molar refractivity (Wildman–Crippen MR) is 121 cm³/mol. The summed E-state index contributed by atoms with van der Waals surface area (Å²) in [6.45, 7) is 5.81. The Bertz CT molecular complexity index is 1080. The molecule has 154 valence electrons. The van der Waals surface area contributed by atoms with Gasteiger partial charge in [0.2, 0.25) is 5.91 Å². The lowest BCUT2D eigenvalue weighted by atomic mass is 10.1. The molecule has 2 amide bonds. The molecule has 30 heavy (non-hydrogen) atoms. The van der Waals surface area contributed by atoms with E-state index in [1.54, 1.807) is 24.3 Å². The van der Waals surface area contributed by atoms with E-state index >= 15 is 0 Å². The molecule has 0 aliphatic carbocycles. The number of halogens is 1. The van der Waals surface area contributed by atoms with Gasteiger partial charge in [-0.1, -0.05) is 30.3 Å². The van der Waals surface area contributed by atoms with E-state index in [1.807, 2.05) is 45.0 Å². The van der Waals surface area contributed by atoms with Gasteiger partial charge in [-0.15, -0.1) is 11.8 Å². The Balaban J connectivity index is 1.65. The van der Waals surface area contributed by atoms with Crippen LogP contribution in [0, 0.1) is 19.7 Å². The number of hydrogen-bond donors (Lipinski definition) is 2. The number of nitrogens with one attached hydrogen (secondary N) is 2. The van der Waals surface area contributed by atoms with Crippen molar-refractivity contribution >= 4 is 35.0 Å². The average molecular weight is 423 g/mol. The Kier molecular flexibility index (Phi) is 6.90. The van der Waals surface area contributed by atoms with E-state index in [0.717, 1.165) is 21.7 Å². The first-order chi connectivity index (χ1) is 14.3. The summed E-state index contributed by atoms with van der Waals surface area (Å²) in [5.41, 5.74) is 3.48. The zero-order valence-corrected chi connectivity index (χ0v) is 17.8. The molecule has 1 unspecified atom stereocenters. The molecule has 0 spiro atoms. The maximum Gasteiger partial charge on any atom is 0.258 e. The Hall–Kier alpha value is -3.12. The Morgan fingerprint density at radius 1 is 0.933 bits per heavy atom. The molecule has 3 aromatic rings. The summed E-state index contributed by atoms with van der Waals surface area (Å²) in [6, 6.07) is 18.8. The second kappa shape index (κ2) is 9.59. The van der Waals surface area contributed by atoms with Gasteiger partial charge >= 0.3 is 0 Å². The van der Waals surface area contributed by atoms with Crippen molar-refractivity contribution in [2.45, 2.75) is 30.9 Å². The van der Waals surface area contributed by atoms with E-state index in [0.29, 0.717) is 5.69 Å². The van der Waals surface area contributed by atoms with E-state index in [-0.39, 0.29) is 16.7 Å². The van der Waals surface area contributed by atoms with Gasteiger partial charge in [-0.25, -0.2) is 4.39 Å². The van der Waals surface area contributed by atoms with Crippen molar-refractivity contribution in [3.05, 3.63) is 89.2 Å². The molecule has 0 heterocycles. The minimum absolute atomic E-state index is 0.0168. The van der Waals surface area contributed by atoms with Gasteiger partial charge in [-0.05, 0) is 68.3 Å². The normalized spacial score (nSPS) is 11.6. The monoisotopic (exact) mass is 422 g/mol. The summed E-state index contributed by atoms with van der Waals surface area (Å²) in [4.78, 5) is 25.8. The van der Waals surface area contributed by atoms with Gasteiger partial charge in [0.25, 0.3) is 5.91 Å². The molecule has 2 N–H and O–H groups in total. The van der Waals surface area contributed by atoms with Crippen molar-refractivity contribution in [3.8, 4) is 0 Å². The van der Waals surface area contributed by atoms with Crippen LogP contribution in [-0.2, 0) is 4.79 Å². The van der Waals surface area contributed by atoms with Crippen molar-refractivity contribution in [1.29, 1.82) is 0 Å². The minimum atomic E-state index is -0.572. The topological polar surface area (TPSA) is 58.2 Å². The van der Waals surface area contributed by atoms with Crippen LogP contribution in [0.15, 0.2) is 71.6 Å². The van der Waals surface area contributed by atoms with Crippen molar-refractivity contribution in [1.82, 2.24) is 0 Å². The van der Waals surface area contributed by atoms with Gasteiger partial charge in [-0.2, -0.15) is 0 Å². The number of aryl methyl sites for hydroxylation is 1. The molecule has 4 nitrogen and oxygen atoms in total. The van der Waals surface area contributed by atoms with E-state index in [9.17, 15) is 14.0 Å². The number of amides is 2. The fourth-order valence-corrected chi connectivity index (χ4v) is 3.80. The van der Waals surface area contributed by atoms with Crippen LogP contribution >= 0.6 is 11.8 Å². The Labute approximate surface area is 179 Å². The standard InChI is InChI=1S/C24H23FN2O2S/c1-15-8-6-13-22(16(15)2)27-23(28)17(3)30-19-10-7-9-18(14-19)26-24(29)20-11-4-5-12-21(20)25/h4-14,17H,1-3H3,(H,26,29)(H,27,28). The number of thioether (sulfide) groups is 1. The van der Waals surface area contributed by atoms with E-state index in [2.05, 4.69) is 10.6 Å². The molecule has 3 rings (SSSR count). The molecular weight excluding hydrogens is 399 g/mol. The summed E-state index contributed by atoms with van der Waals surface area (Å²) in [5.74, 6) is -1.19. The third-order valence-electron chi connectivity index (χ3n) is 4.75. The van der Waals surface area contributed by atoms with Crippen LogP contribution in [0.1, 0.15) is 28.4 Å². The first-order valence-electron chi connectivity index (χ1n) is 9.55. The van der Waals surface area contributed by atoms with Gasteiger partial charge in [0.1, 0.15) is 5.82 Å². The summed E-state index contributed by atoms with van der Waals surface area (Å²) in [7, 11) is 0. The Morgan fingerprint density at radius 3 is 2.43 bits per heavy atom. The third kappa shape index (κ3) is 5.27. The highest BCUT2D eigenvalue weighted by Crippen LogP contribution is 2.27. The minimum Gasteiger partial charge on any atom is -0.325 e. The number of carbonyl (C=O) groups is 2. The van der Waals surface area contributed by atoms with Crippen LogP contribution in [0.4, 0.5) is 15.8 Å². The third-order valence-corrected chi connectivity index (χ3v) is 5.85. The molecular formula is C24H23FN2O2S. The lowest BCUT2D eigenvalue weighted by Gasteiger charge is -2.15. The molecule has 0 aliphatic rings. The summed E-state index contributed by atoms with van der Waals surface area (Å²) >= 11 is 1.38.